The summed E-state index contributed by atoms with van der Waals surface area (Å²) in [6.07, 6.45) is 4.83. The van der Waals surface area contributed by atoms with Gasteiger partial charge < -0.3 is 20.3 Å². The SMILES string of the molecule is CNC[C@H]1CN(c2c(NC(=O)c3ccn(-c4ccnnc4)n3)ccc(Oc3ccccc3Cl)c2Cl)CCN1C. The standard InChI is InChI=1S/C27H28Cl2N8O2/c1-30-15-19-17-36(14-13-35(19)2)26-21(7-8-24(25(26)29)39-23-6-4-3-5-20(23)28)33-27(38)22-10-12-37(34-22)18-9-11-31-32-16-18/h3-12,16,19,30H,13-15,17H2,1-2H3,(H,33,38)/t19-/m0/s1. The minimum atomic E-state index is -0.367. The van der Waals surface area contributed by atoms with Crippen LogP contribution in [0.5, 0.6) is 11.5 Å². The lowest BCUT2D eigenvalue weighted by Crippen LogP contribution is -2.55. The quantitative estimate of drug-likeness (QED) is 0.324. The number of likely N-dealkylation sites (N-methyl/N-ethyl adjacent to an activating group) is 2. The molecule has 1 aliphatic heterocycles. The van der Waals surface area contributed by atoms with Crippen LogP contribution in [0.3, 0.4) is 0 Å². The van der Waals surface area contributed by atoms with Crippen LogP contribution in [0.1, 0.15) is 10.5 Å². The average Bonchev–Trinajstić information content (AvgIpc) is 3.44. The van der Waals surface area contributed by atoms with E-state index in [0.717, 1.165) is 19.6 Å². The molecule has 10 nitrogen and oxygen atoms in total. The van der Waals surface area contributed by atoms with E-state index in [1.807, 2.05) is 19.2 Å². The molecule has 0 bridgehead atoms. The first-order valence-corrected chi connectivity index (χ1v) is 13.2. The number of hydrogen-bond acceptors (Lipinski definition) is 8. The first-order chi connectivity index (χ1) is 18.9. The molecule has 0 saturated carbocycles. The molecule has 5 rings (SSSR count). The normalized spacial score (nSPS) is 15.8. The van der Waals surface area contributed by atoms with Crippen LogP contribution in [0.15, 0.2) is 67.1 Å². The molecular weight excluding hydrogens is 539 g/mol. The summed E-state index contributed by atoms with van der Waals surface area (Å²) in [5.74, 6) is 0.566. The van der Waals surface area contributed by atoms with Crippen molar-refractivity contribution in [1.82, 2.24) is 30.2 Å². The molecule has 4 aromatic rings. The number of carbonyl (C=O) groups excluding carboxylic acids is 1. The number of rotatable bonds is 8. The molecule has 1 atom stereocenters. The predicted molar refractivity (Wildman–Crippen MR) is 153 cm³/mol. The van der Waals surface area contributed by atoms with E-state index in [2.05, 4.69) is 42.8 Å². The molecule has 2 aromatic carbocycles. The predicted octanol–water partition coefficient (Wildman–Crippen LogP) is 4.35. The summed E-state index contributed by atoms with van der Waals surface area (Å²) in [4.78, 5) is 17.8. The number of benzene rings is 2. The summed E-state index contributed by atoms with van der Waals surface area (Å²) in [7, 11) is 4.04. The number of amides is 1. The average molecular weight is 567 g/mol. The molecule has 39 heavy (non-hydrogen) atoms. The highest BCUT2D eigenvalue weighted by molar-refractivity contribution is 6.36. The molecule has 1 saturated heterocycles. The van der Waals surface area contributed by atoms with Gasteiger partial charge in [0, 0.05) is 38.4 Å². The van der Waals surface area contributed by atoms with Crippen molar-refractivity contribution in [3.8, 4) is 17.2 Å². The van der Waals surface area contributed by atoms with E-state index < -0.39 is 0 Å². The summed E-state index contributed by atoms with van der Waals surface area (Å²) in [5.41, 5.74) is 2.18. The second-order valence-electron chi connectivity index (χ2n) is 9.14. The Labute approximate surface area is 236 Å². The third-order valence-electron chi connectivity index (χ3n) is 6.57. The smallest absolute Gasteiger partial charge is 0.276 e. The van der Waals surface area contributed by atoms with Gasteiger partial charge in [0.1, 0.15) is 16.5 Å². The first kappa shape index (κ1) is 26.9. The van der Waals surface area contributed by atoms with Gasteiger partial charge >= 0.3 is 0 Å². The van der Waals surface area contributed by atoms with E-state index in [9.17, 15) is 4.79 Å². The van der Waals surface area contributed by atoms with Crippen LogP contribution in [0.4, 0.5) is 11.4 Å². The van der Waals surface area contributed by atoms with E-state index in [-0.39, 0.29) is 17.6 Å². The summed E-state index contributed by atoms with van der Waals surface area (Å²) < 4.78 is 7.68. The Morgan fingerprint density at radius 3 is 2.69 bits per heavy atom. The van der Waals surface area contributed by atoms with Crippen molar-refractivity contribution in [2.24, 2.45) is 0 Å². The lowest BCUT2D eigenvalue weighted by atomic mass is 10.1. The van der Waals surface area contributed by atoms with Crippen LogP contribution in [-0.2, 0) is 0 Å². The summed E-state index contributed by atoms with van der Waals surface area (Å²) >= 11 is 13.3. The fourth-order valence-corrected chi connectivity index (χ4v) is 4.98. The molecule has 2 N–H and O–H groups in total. The van der Waals surface area contributed by atoms with Gasteiger partial charge in [-0.05, 0) is 50.5 Å². The third-order valence-corrected chi connectivity index (χ3v) is 7.25. The molecule has 1 aliphatic rings. The van der Waals surface area contributed by atoms with Gasteiger partial charge in [-0.1, -0.05) is 35.3 Å². The zero-order chi connectivity index (χ0) is 27.4. The van der Waals surface area contributed by atoms with Gasteiger partial charge in [-0.3, -0.25) is 9.69 Å². The zero-order valence-corrected chi connectivity index (χ0v) is 23.0. The molecule has 2 aromatic heterocycles. The van der Waals surface area contributed by atoms with Crippen LogP contribution in [-0.4, -0.2) is 77.1 Å². The van der Waals surface area contributed by atoms with Gasteiger partial charge in [-0.2, -0.15) is 15.3 Å². The van der Waals surface area contributed by atoms with Gasteiger partial charge in [0.2, 0.25) is 0 Å². The number of nitrogens with one attached hydrogen (secondary N) is 2. The van der Waals surface area contributed by atoms with Crippen molar-refractivity contribution in [3.63, 3.8) is 0 Å². The number of hydrogen-bond donors (Lipinski definition) is 2. The molecule has 1 fully saturated rings. The van der Waals surface area contributed by atoms with Crippen molar-refractivity contribution in [2.75, 3.05) is 50.5 Å². The van der Waals surface area contributed by atoms with Gasteiger partial charge in [-0.25, -0.2) is 4.68 Å². The van der Waals surface area contributed by atoms with Crippen molar-refractivity contribution >= 4 is 40.5 Å². The summed E-state index contributed by atoms with van der Waals surface area (Å²) in [6, 6.07) is 14.4. The molecular formula is C27H28Cl2N8O2. The molecule has 3 heterocycles. The lowest BCUT2D eigenvalue weighted by molar-refractivity contribution is 0.102. The van der Waals surface area contributed by atoms with E-state index >= 15 is 0 Å². The third kappa shape index (κ3) is 5.99. The Morgan fingerprint density at radius 2 is 1.92 bits per heavy atom. The number of ether oxygens (including phenoxy) is 1. The van der Waals surface area contributed by atoms with Gasteiger partial charge in [-0.15, -0.1) is 0 Å². The number of piperazine rings is 1. The molecule has 1 amide bonds. The van der Waals surface area contributed by atoms with Gasteiger partial charge in [0.05, 0.1) is 34.5 Å². The van der Waals surface area contributed by atoms with Gasteiger partial charge in [0.15, 0.2) is 5.69 Å². The van der Waals surface area contributed by atoms with Crippen LogP contribution in [0, 0.1) is 0 Å². The highest BCUT2D eigenvalue weighted by atomic mass is 35.5. The lowest BCUT2D eigenvalue weighted by Gasteiger charge is -2.41. The van der Waals surface area contributed by atoms with Crippen molar-refractivity contribution in [3.05, 3.63) is 82.9 Å². The highest BCUT2D eigenvalue weighted by Crippen LogP contribution is 2.44. The van der Waals surface area contributed by atoms with Crippen LogP contribution in [0.2, 0.25) is 10.0 Å². The Hall–Kier alpha value is -3.70. The molecule has 0 spiro atoms. The maximum atomic E-state index is 13.3. The second-order valence-corrected chi connectivity index (χ2v) is 9.93. The highest BCUT2D eigenvalue weighted by Gasteiger charge is 2.29. The zero-order valence-electron chi connectivity index (χ0n) is 21.5. The Balaban J connectivity index is 1.47. The minimum absolute atomic E-state index is 0.247. The van der Waals surface area contributed by atoms with E-state index in [1.165, 1.54) is 0 Å². The fourth-order valence-electron chi connectivity index (χ4n) is 4.48. The minimum Gasteiger partial charge on any atom is -0.454 e. The van der Waals surface area contributed by atoms with Crippen molar-refractivity contribution in [1.29, 1.82) is 0 Å². The number of anilines is 2. The topological polar surface area (TPSA) is 100 Å². The summed E-state index contributed by atoms with van der Waals surface area (Å²) in [6.45, 7) is 3.07. The van der Waals surface area contributed by atoms with E-state index in [4.69, 9.17) is 27.9 Å². The maximum Gasteiger partial charge on any atom is 0.276 e. The van der Waals surface area contributed by atoms with Crippen LogP contribution in [0.25, 0.3) is 5.69 Å². The van der Waals surface area contributed by atoms with Gasteiger partial charge in [0.25, 0.3) is 5.91 Å². The molecule has 0 radical (unpaired) electrons. The Morgan fingerprint density at radius 1 is 1.08 bits per heavy atom. The second kappa shape index (κ2) is 12.0. The largest absolute Gasteiger partial charge is 0.454 e. The molecule has 202 valence electrons. The number of para-hydroxylation sites is 1. The van der Waals surface area contributed by atoms with Crippen molar-refractivity contribution in [2.45, 2.75) is 6.04 Å². The number of halogens is 2. The van der Waals surface area contributed by atoms with Crippen LogP contribution >= 0.6 is 23.2 Å². The maximum absolute atomic E-state index is 13.3. The first-order valence-electron chi connectivity index (χ1n) is 12.4. The van der Waals surface area contributed by atoms with E-state index in [0.29, 0.717) is 45.2 Å². The van der Waals surface area contributed by atoms with E-state index in [1.54, 1.807) is 59.7 Å². The number of carbonyl (C=O) groups is 1. The molecule has 12 heteroatoms. The summed E-state index contributed by atoms with van der Waals surface area (Å²) in [5, 5.41) is 19.2. The monoisotopic (exact) mass is 566 g/mol. The molecule has 0 unspecified atom stereocenters. The Kier molecular flexibility index (Phi) is 8.27. The number of nitrogens with zero attached hydrogens (tertiary/aromatic N) is 6. The Bertz CT molecular complexity index is 1450. The van der Waals surface area contributed by atoms with Crippen LogP contribution < -0.4 is 20.3 Å². The number of aromatic nitrogens is 4. The van der Waals surface area contributed by atoms with Crippen molar-refractivity contribution < 1.29 is 9.53 Å². The fraction of sp³-hybridized carbons (Fsp3) is 0.259. The molecule has 0 aliphatic carbocycles.